The second kappa shape index (κ2) is 8.89. The molecule has 1 aromatic carbocycles. The Labute approximate surface area is 178 Å². The van der Waals surface area contributed by atoms with E-state index in [-0.39, 0.29) is 0 Å². The highest BCUT2D eigenvalue weighted by Gasteiger charge is 2.17. The first-order valence-electron chi connectivity index (χ1n) is 9.70. The van der Waals surface area contributed by atoms with Gasteiger partial charge >= 0.3 is 0 Å². The van der Waals surface area contributed by atoms with Gasteiger partial charge in [0.2, 0.25) is 10.0 Å². The van der Waals surface area contributed by atoms with Gasteiger partial charge in [0.1, 0.15) is 6.33 Å². The van der Waals surface area contributed by atoms with Crippen molar-refractivity contribution in [1.82, 2.24) is 19.9 Å². The largest absolute Gasteiger partial charge is 0.305 e. The third-order valence-corrected chi connectivity index (χ3v) is 5.22. The predicted octanol–water partition coefficient (Wildman–Crippen LogP) is 3.51. The molecule has 0 aliphatic rings. The summed E-state index contributed by atoms with van der Waals surface area (Å²) in [5, 5.41) is 0. The Kier molecular flexibility index (Phi) is 6.48. The van der Waals surface area contributed by atoms with Crippen LogP contribution in [-0.4, -0.2) is 48.6 Å². The predicted molar refractivity (Wildman–Crippen MR) is 121 cm³/mol. The lowest BCUT2D eigenvalue weighted by molar-refractivity contribution is 0.402. The number of hydrogen-bond donors (Lipinski definition) is 1. The Morgan fingerprint density at radius 2 is 1.83 bits per heavy atom. The van der Waals surface area contributed by atoms with E-state index in [0.29, 0.717) is 17.8 Å². The number of nitrogens with zero attached hydrogens (tertiary/aromatic N) is 4. The van der Waals surface area contributed by atoms with Crippen LogP contribution in [0.2, 0.25) is 0 Å². The van der Waals surface area contributed by atoms with Crippen LogP contribution < -0.4 is 4.72 Å². The molecule has 3 aromatic rings. The highest BCUT2D eigenvalue weighted by atomic mass is 32.2. The summed E-state index contributed by atoms with van der Waals surface area (Å²) in [5.74, 6) is 0. The molecule has 1 N–H and O–H groups in total. The zero-order valence-electron chi connectivity index (χ0n) is 18.0. The van der Waals surface area contributed by atoms with Gasteiger partial charge in [-0.3, -0.25) is 9.71 Å². The molecule has 8 heteroatoms. The van der Waals surface area contributed by atoms with Crippen molar-refractivity contribution in [1.29, 1.82) is 0 Å². The molecule has 3 rings (SSSR count). The number of pyridine rings is 1. The second-order valence-corrected chi connectivity index (χ2v) is 9.32. The fourth-order valence-electron chi connectivity index (χ4n) is 3.37. The van der Waals surface area contributed by atoms with Crippen LogP contribution in [0.1, 0.15) is 23.9 Å². The Bertz CT molecular complexity index is 1160. The highest BCUT2D eigenvalue weighted by molar-refractivity contribution is 7.92. The van der Waals surface area contributed by atoms with E-state index in [9.17, 15) is 8.42 Å². The number of aromatic nitrogens is 3. The monoisotopic (exact) mass is 425 g/mol. The molecule has 2 aromatic heterocycles. The molecule has 0 radical (unpaired) electrons. The smallest absolute Gasteiger partial charge is 0.229 e. The summed E-state index contributed by atoms with van der Waals surface area (Å²) in [6.45, 7) is 4.63. The van der Waals surface area contributed by atoms with E-state index in [2.05, 4.69) is 36.7 Å². The van der Waals surface area contributed by atoms with Crippen LogP contribution in [0.3, 0.4) is 0 Å². The van der Waals surface area contributed by atoms with Crippen LogP contribution in [0, 0.1) is 6.92 Å². The molecule has 158 valence electrons. The maximum atomic E-state index is 11.8. The highest BCUT2D eigenvalue weighted by Crippen LogP contribution is 2.34. The van der Waals surface area contributed by atoms with Crippen molar-refractivity contribution in [2.75, 3.05) is 25.1 Å². The summed E-state index contributed by atoms with van der Waals surface area (Å²) in [7, 11) is 0.648. The molecule has 7 nitrogen and oxygen atoms in total. The van der Waals surface area contributed by atoms with Crippen LogP contribution in [0.25, 0.3) is 22.4 Å². The molecule has 0 atom stereocenters. The molecule has 30 heavy (non-hydrogen) atoms. The van der Waals surface area contributed by atoms with Crippen molar-refractivity contribution in [2.45, 2.75) is 26.8 Å². The second-order valence-electron chi connectivity index (χ2n) is 7.57. The van der Waals surface area contributed by atoms with E-state index in [4.69, 9.17) is 0 Å². The molecule has 0 amide bonds. The summed E-state index contributed by atoms with van der Waals surface area (Å²) in [4.78, 5) is 15.6. The summed E-state index contributed by atoms with van der Waals surface area (Å²) < 4.78 is 26.1. The minimum Gasteiger partial charge on any atom is -0.305 e. The van der Waals surface area contributed by atoms with E-state index >= 15 is 0 Å². The Morgan fingerprint density at radius 1 is 1.07 bits per heavy atom. The van der Waals surface area contributed by atoms with Crippen molar-refractivity contribution in [2.24, 2.45) is 0 Å². The van der Waals surface area contributed by atoms with E-state index in [1.807, 2.05) is 33.2 Å². The van der Waals surface area contributed by atoms with Gasteiger partial charge in [0.25, 0.3) is 0 Å². The fourth-order valence-corrected chi connectivity index (χ4v) is 3.97. The first-order chi connectivity index (χ1) is 14.2. The zero-order valence-corrected chi connectivity index (χ0v) is 18.8. The number of hydrogen-bond acceptors (Lipinski definition) is 6. The summed E-state index contributed by atoms with van der Waals surface area (Å²) in [5.41, 5.74) is 6.55. The molecule has 0 saturated heterocycles. The number of nitrogens with one attached hydrogen (secondary N) is 1. The number of aryl methyl sites for hydroxylation is 2. The third kappa shape index (κ3) is 5.20. The number of anilines is 1. The first kappa shape index (κ1) is 21.9. The molecular weight excluding hydrogens is 398 g/mol. The zero-order chi connectivity index (χ0) is 21.9. The summed E-state index contributed by atoms with van der Waals surface area (Å²) in [6.07, 6.45) is 5.16. The maximum absolute atomic E-state index is 11.8. The Morgan fingerprint density at radius 3 is 2.50 bits per heavy atom. The Hall–Kier alpha value is -2.84. The van der Waals surface area contributed by atoms with Gasteiger partial charge < -0.3 is 4.90 Å². The van der Waals surface area contributed by atoms with Crippen LogP contribution >= 0.6 is 0 Å². The van der Waals surface area contributed by atoms with Crippen molar-refractivity contribution in [3.63, 3.8) is 0 Å². The Balaban J connectivity index is 2.18. The van der Waals surface area contributed by atoms with Gasteiger partial charge in [0.05, 0.1) is 29.0 Å². The van der Waals surface area contributed by atoms with Crippen molar-refractivity contribution in [3.8, 4) is 22.4 Å². The van der Waals surface area contributed by atoms with Crippen molar-refractivity contribution >= 4 is 15.7 Å². The minimum absolute atomic E-state index is 0.452. The molecule has 0 spiro atoms. The fraction of sp³-hybridized carbons (Fsp3) is 0.318. The van der Waals surface area contributed by atoms with Crippen LogP contribution in [0.5, 0.6) is 0 Å². The van der Waals surface area contributed by atoms with Gasteiger partial charge in [-0.2, -0.15) is 0 Å². The summed E-state index contributed by atoms with van der Waals surface area (Å²) in [6, 6.07) is 10.1. The van der Waals surface area contributed by atoms with Gasteiger partial charge in [-0.05, 0) is 45.1 Å². The average molecular weight is 426 g/mol. The topological polar surface area (TPSA) is 88.1 Å². The lowest BCUT2D eigenvalue weighted by Crippen LogP contribution is -2.11. The molecule has 0 aliphatic heterocycles. The quantitative estimate of drug-likeness (QED) is 0.623. The molecule has 2 heterocycles. The molecule has 0 aliphatic carbocycles. The van der Waals surface area contributed by atoms with Crippen molar-refractivity contribution in [3.05, 3.63) is 59.8 Å². The number of benzene rings is 1. The maximum Gasteiger partial charge on any atom is 0.229 e. The van der Waals surface area contributed by atoms with E-state index in [1.54, 1.807) is 25.5 Å². The number of sulfonamides is 1. The molecular formula is C22H27N5O2S. The van der Waals surface area contributed by atoms with Crippen LogP contribution in [0.15, 0.2) is 42.9 Å². The van der Waals surface area contributed by atoms with Gasteiger partial charge in [0.15, 0.2) is 0 Å². The summed E-state index contributed by atoms with van der Waals surface area (Å²) >= 11 is 0. The lowest BCUT2D eigenvalue weighted by Gasteiger charge is -2.16. The molecule has 0 saturated carbocycles. The van der Waals surface area contributed by atoms with Crippen LogP contribution in [-0.2, 0) is 23.0 Å². The van der Waals surface area contributed by atoms with Crippen LogP contribution in [0.4, 0.5) is 5.69 Å². The average Bonchev–Trinajstić information content (AvgIpc) is 2.68. The van der Waals surface area contributed by atoms with Gasteiger partial charge in [0, 0.05) is 29.4 Å². The SMILES string of the molecule is CCc1ncnc(-c2cccc(CN(C)C)c2)c1-c1cnc(C)c(NS(C)(=O)=O)c1. The third-order valence-electron chi connectivity index (χ3n) is 4.63. The molecule has 0 unspecified atom stereocenters. The molecule has 0 bridgehead atoms. The first-order valence-corrected chi connectivity index (χ1v) is 11.6. The molecule has 0 fully saturated rings. The van der Waals surface area contributed by atoms with E-state index in [1.165, 1.54) is 5.56 Å². The van der Waals surface area contributed by atoms with E-state index in [0.717, 1.165) is 40.9 Å². The van der Waals surface area contributed by atoms with Crippen molar-refractivity contribution < 1.29 is 8.42 Å². The van der Waals surface area contributed by atoms with Gasteiger partial charge in [-0.25, -0.2) is 18.4 Å². The number of rotatable bonds is 7. The van der Waals surface area contributed by atoms with Gasteiger partial charge in [-0.1, -0.05) is 25.1 Å². The standard InChI is InChI=1S/C22H27N5O2S/c1-6-19-21(18-11-20(15(2)23-12-18)26-30(5,28)29)22(25-14-24-19)17-9-7-8-16(10-17)13-27(3)4/h7-12,14,26H,6,13H2,1-5H3. The normalized spacial score (nSPS) is 11.7. The lowest BCUT2D eigenvalue weighted by atomic mass is 9.96. The van der Waals surface area contributed by atoms with E-state index < -0.39 is 10.0 Å². The minimum atomic E-state index is -3.42. The van der Waals surface area contributed by atoms with Gasteiger partial charge in [-0.15, -0.1) is 0 Å².